The van der Waals surface area contributed by atoms with Gasteiger partial charge in [-0.3, -0.25) is 9.59 Å². The Balaban J connectivity index is 1.21. The Bertz CT molecular complexity index is 1370. The lowest BCUT2D eigenvalue weighted by Crippen LogP contribution is -2.49. The summed E-state index contributed by atoms with van der Waals surface area (Å²) in [5, 5.41) is 4.20. The van der Waals surface area contributed by atoms with Gasteiger partial charge in [-0.2, -0.15) is 0 Å². The van der Waals surface area contributed by atoms with Crippen LogP contribution in [0.25, 0.3) is 10.9 Å². The number of fused-ring (bicyclic) bond motifs is 1. The summed E-state index contributed by atoms with van der Waals surface area (Å²) in [4.78, 5) is 42.8. The zero-order chi connectivity index (χ0) is 27.4. The van der Waals surface area contributed by atoms with Gasteiger partial charge in [-0.25, -0.2) is 9.97 Å². The van der Waals surface area contributed by atoms with Gasteiger partial charge in [-0.1, -0.05) is 6.08 Å². The highest BCUT2D eigenvalue weighted by atomic mass is 16.2. The highest BCUT2D eigenvalue weighted by molar-refractivity contribution is 5.88. The molecule has 39 heavy (non-hydrogen) atoms. The summed E-state index contributed by atoms with van der Waals surface area (Å²) in [5.41, 5.74) is 1.93. The lowest BCUT2D eigenvalue weighted by atomic mass is 9.96. The van der Waals surface area contributed by atoms with E-state index < -0.39 is 0 Å². The second-order valence-electron chi connectivity index (χ2n) is 10.8. The van der Waals surface area contributed by atoms with E-state index in [1.54, 1.807) is 18.3 Å². The highest BCUT2D eigenvalue weighted by Crippen LogP contribution is 2.23. The summed E-state index contributed by atoms with van der Waals surface area (Å²) >= 11 is 0. The van der Waals surface area contributed by atoms with Crippen LogP contribution in [-0.4, -0.2) is 102 Å². The summed E-state index contributed by atoms with van der Waals surface area (Å²) in [5.74, 6) is 1.80. The van der Waals surface area contributed by atoms with Crippen molar-refractivity contribution in [1.29, 1.82) is 0 Å². The number of amides is 1. The van der Waals surface area contributed by atoms with Crippen molar-refractivity contribution in [3.05, 3.63) is 65.2 Å². The van der Waals surface area contributed by atoms with Crippen molar-refractivity contribution in [2.24, 2.45) is 5.92 Å². The maximum Gasteiger partial charge on any atom is 0.251 e. The van der Waals surface area contributed by atoms with Gasteiger partial charge in [0.15, 0.2) is 0 Å². The van der Waals surface area contributed by atoms with Crippen LogP contribution in [0.5, 0.6) is 0 Å². The van der Waals surface area contributed by atoms with E-state index in [-0.39, 0.29) is 11.5 Å². The SMILES string of the molecule is CN(C)CC=CC(=O)N1CC(CCn2c(=O)ccc3cnc(Nc4ccc(N5CCN(C)CC5)cn4)cc32)C1. The topological polar surface area (TPSA) is 89.8 Å². The number of aromatic nitrogens is 3. The Morgan fingerprint density at radius 3 is 2.54 bits per heavy atom. The highest BCUT2D eigenvalue weighted by Gasteiger charge is 2.29. The Labute approximate surface area is 229 Å². The number of piperazine rings is 1. The first kappa shape index (κ1) is 26.8. The normalized spacial score (nSPS) is 16.8. The average molecular weight is 531 g/mol. The minimum atomic E-state index is -0.0341. The van der Waals surface area contributed by atoms with Crippen LogP contribution in [0.4, 0.5) is 17.3 Å². The first-order chi connectivity index (χ1) is 18.9. The maximum atomic E-state index is 12.8. The summed E-state index contributed by atoms with van der Waals surface area (Å²) in [7, 11) is 6.10. The van der Waals surface area contributed by atoms with Crippen LogP contribution in [-0.2, 0) is 11.3 Å². The van der Waals surface area contributed by atoms with Crippen LogP contribution in [0, 0.1) is 5.92 Å². The number of aryl methyl sites for hydroxylation is 1. The van der Waals surface area contributed by atoms with E-state index in [4.69, 9.17) is 0 Å². The number of rotatable bonds is 9. The van der Waals surface area contributed by atoms with Crippen LogP contribution in [0.15, 0.2) is 59.7 Å². The lowest BCUT2D eigenvalue weighted by molar-refractivity contribution is -0.132. The second kappa shape index (κ2) is 12.0. The smallest absolute Gasteiger partial charge is 0.251 e. The molecule has 10 heteroatoms. The minimum Gasteiger partial charge on any atom is -0.368 e. The van der Waals surface area contributed by atoms with Gasteiger partial charge in [0.05, 0.1) is 17.4 Å². The Morgan fingerprint density at radius 2 is 1.82 bits per heavy atom. The number of nitrogens with one attached hydrogen (secondary N) is 1. The van der Waals surface area contributed by atoms with Gasteiger partial charge in [0, 0.05) is 82.1 Å². The van der Waals surface area contributed by atoms with Crippen LogP contribution in [0.2, 0.25) is 0 Å². The molecule has 0 aliphatic carbocycles. The fourth-order valence-electron chi connectivity index (χ4n) is 5.04. The number of likely N-dealkylation sites (tertiary alicyclic amines) is 1. The van der Waals surface area contributed by atoms with Gasteiger partial charge >= 0.3 is 0 Å². The van der Waals surface area contributed by atoms with Crippen molar-refractivity contribution in [2.45, 2.75) is 13.0 Å². The van der Waals surface area contributed by atoms with Gasteiger partial charge in [0.1, 0.15) is 11.6 Å². The molecule has 3 aromatic rings. The Kier molecular flexibility index (Phi) is 8.23. The molecule has 2 aliphatic heterocycles. The second-order valence-corrected chi connectivity index (χ2v) is 10.8. The monoisotopic (exact) mass is 530 g/mol. The first-order valence-electron chi connectivity index (χ1n) is 13.6. The third-order valence-electron chi connectivity index (χ3n) is 7.51. The molecule has 5 heterocycles. The number of carbonyl (C=O) groups is 1. The summed E-state index contributed by atoms with van der Waals surface area (Å²) < 4.78 is 1.81. The largest absolute Gasteiger partial charge is 0.368 e. The average Bonchev–Trinajstić information content (AvgIpc) is 2.89. The third-order valence-corrected chi connectivity index (χ3v) is 7.51. The van der Waals surface area contributed by atoms with E-state index in [2.05, 4.69) is 38.2 Å². The maximum absolute atomic E-state index is 12.8. The number of hydrogen-bond acceptors (Lipinski definition) is 8. The summed E-state index contributed by atoms with van der Waals surface area (Å²) in [6, 6.07) is 9.39. The molecule has 2 saturated heterocycles. The zero-order valence-electron chi connectivity index (χ0n) is 23.1. The fourth-order valence-corrected chi connectivity index (χ4v) is 5.04. The molecule has 0 bridgehead atoms. The van der Waals surface area contributed by atoms with Gasteiger partial charge in [0.2, 0.25) is 5.91 Å². The van der Waals surface area contributed by atoms with Crippen molar-refractivity contribution >= 4 is 34.1 Å². The molecule has 0 spiro atoms. The molecule has 10 nitrogen and oxygen atoms in total. The number of pyridine rings is 3. The van der Waals surface area contributed by atoms with Gasteiger partial charge < -0.3 is 29.5 Å². The molecule has 1 N–H and O–H groups in total. The van der Waals surface area contributed by atoms with Crippen LogP contribution < -0.4 is 15.8 Å². The quantitative estimate of drug-likeness (QED) is 0.422. The van der Waals surface area contributed by atoms with Crippen molar-refractivity contribution in [2.75, 3.05) is 77.2 Å². The lowest BCUT2D eigenvalue weighted by Gasteiger charge is -2.39. The van der Waals surface area contributed by atoms with E-state index >= 15 is 0 Å². The van der Waals surface area contributed by atoms with Crippen molar-refractivity contribution in [3.63, 3.8) is 0 Å². The van der Waals surface area contributed by atoms with E-state index in [9.17, 15) is 9.59 Å². The molecule has 5 rings (SSSR count). The molecule has 0 saturated carbocycles. The molecular formula is C29H38N8O2. The van der Waals surface area contributed by atoms with Crippen LogP contribution in [0.1, 0.15) is 6.42 Å². The number of hydrogen-bond donors (Lipinski definition) is 1. The Hall–Kier alpha value is -3.76. The zero-order valence-corrected chi connectivity index (χ0v) is 23.1. The van der Waals surface area contributed by atoms with E-state index in [1.807, 2.05) is 58.9 Å². The molecule has 0 atom stereocenters. The number of anilines is 3. The summed E-state index contributed by atoms with van der Waals surface area (Å²) in [6.07, 6.45) is 8.07. The Morgan fingerprint density at radius 1 is 1.05 bits per heavy atom. The molecule has 1 amide bonds. The predicted octanol–water partition coefficient (Wildman–Crippen LogP) is 2.25. The van der Waals surface area contributed by atoms with Crippen LogP contribution in [0.3, 0.4) is 0 Å². The molecule has 0 radical (unpaired) electrons. The van der Waals surface area contributed by atoms with Crippen LogP contribution >= 0.6 is 0 Å². The number of likely N-dealkylation sites (N-methyl/N-ethyl adjacent to an activating group) is 2. The van der Waals surface area contributed by atoms with Gasteiger partial charge in [-0.15, -0.1) is 0 Å². The molecule has 0 aromatic carbocycles. The summed E-state index contributed by atoms with van der Waals surface area (Å²) in [6.45, 7) is 6.90. The van der Waals surface area contributed by atoms with Gasteiger partial charge in [-0.05, 0) is 51.7 Å². The fraction of sp³-hybridized carbons (Fsp3) is 0.448. The molecule has 2 fully saturated rings. The van der Waals surface area contributed by atoms with Crippen molar-refractivity contribution in [3.8, 4) is 0 Å². The first-order valence-corrected chi connectivity index (χ1v) is 13.6. The molecule has 3 aromatic heterocycles. The molecular weight excluding hydrogens is 492 g/mol. The third kappa shape index (κ3) is 6.63. The molecule has 2 aliphatic rings. The standard InChI is InChI=1S/C29H38N8O2/c1-33(2)11-4-5-28(38)36-20-22(21-36)10-12-37-25-17-27(30-18-23(25)6-9-29(37)39)32-26-8-7-24(19-31-26)35-15-13-34(3)14-16-35/h4-9,17-19,22H,10-16,20-21H2,1-3H3,(H,30,31,32). The number of carbonyl (C=O) groups excluding carboxylic acids is 1. The van der Waals surface area contributed by atoms with E-state index in [0.717, 1.165) is 68.8 Å². The minimum absolute atomic E-state index is 0.0341. The van der Waals surface area contributed by atoms with E-state index in [0.29, 0.717) is 24.1 Å². The molecule has 206 valence electrons. The predicted molar refractivity (Wildman–Crippen MR) is 156 cm³/mol. The van der Waals surface area contributed by atoms with E-state index in [1.165, 1.54) is 0 Å². The van der Waals surface area contributed by atoms with Crippen molar-refractivity contribution in [1.82, 2.24) is 29.2 Å². The van der Waals surface area contributed by atoms with Crippen molar-refractivity contribution < 1.29 is 4.79 Å². The number of nitrogens with zero attached hydrogens (tertiary/aromatic N) is 7. The molecule has 0 unspecified atom stereocenters. The van der Waals surface area contributed by atoms with Gasteiger partial charge in [0.25, 0.3) is 5.56 Å².